The van der Waals surface area contributed by atoms with Gasteiger partial charge >= 0.3 is 0 Å². The lowest BCUT2D eigenvalue weighted by Crippen LogP contribution is -2.06. The first kappa shape index (κ1) is 18.9. The molecule has 2 aromatic rings. The van der Waals surface area contributed by atoms with Gasteiger partial charge in [0, 0.05) is 5.56 Å². The number of Topliss-reactive ketones (excluding diaryl/α,β-unsaturated/α-hetero) is 1. The third-order valence-corrected chi connectivity index (χ3v) is 4.98. The fourth-order valence-electron chi connectivity index (χ4n) is 1.83. The number of rotatable bonds is 6. The van der Waals surface area contributed by atoms with E-state index in [9.17, 15) is 4.79 Å². The largest absolute Gasteiger partial charge is 0.457 e. The molecule has 0 N–H and O–H groups in total. The first-order chi connectivity index (χ1) is 10.9. The maximum absolute atomic E-state index is 11.8. The highest BCUT2D eigenvalue weighted by atomic mass is 79.9. The predicted molar refractivity (Wildman–Crippen MR) is 110 cm³/mol. The molecule has 0 heterocycles. The molecular weight excluding hydrogens is 556 g/mol. The molecule has 0 spiro atoms. The number of carbonyl (C=O) groups is 1. The second kappa shape index (κ2) is 8.60. The number of carbonyl (C=O) groups excluding carboxylic acids is 1. The van der Waals surface area contributed by atoms with Gasteiger partial charge in [-0.15, -0.1) is 0 Å². The van der Waals surface area contributed by atoms with Crippen LogP contribution in [-0.2, 0) is 0 Å². The van der Waals surface area contributed by atoms with Crippen molar-refractivity contribution in [2.24, 2.45) is 0 Å². The second-order valence-corrected chi connectivity index (χ2v) is 10.8. The van der Waals surface area contributed by atoms with Crippen LogP contribution in [0.3, 0.4) is 0 Å². The van der Waals surface area contributed by atoms with E-state index in [1.807, 2.05) is 24.3 Å². The molecule has 0 fully saturated rings. The summed E-state index contributed by atoms with van der Waals surface area (Å²) in [5.41, 5.74) is 2.51. The van der Waals surface area contributed by atoms with Crippen molar-refractivity contribution in [1.29, 1.82) is 0 Å². The number of allylic oxidation sites excluding steroid dienone is 1. The van der Waals surface area contributed by atoms with Crippen molar-refractivity contribution in [3.8, 4) is 11.5 Å². The molecular formula is C17H12Br4O2. The summed E-state index contributed by atoms with van der Waals surface area (Å²) >= 11 is 13.3. The van der Waals surface area contributed by atoms with Crippen molar-refractivity contribution in [3.63, 3.8) is 0 Å². The average Bonchev–Trinajstić information content (AvgIpc) is 2.54. The Morgan fingerprint density at radius 1 is 0.870 bits per heavy atom. The Labute approximate surface area is 168 Å². The fraction of sp³-hybridized carbons (Fsp3) is 0.118. The molecule has 0 aliphatic carbocycles. The van der Waals surface area contributed by atoms with Gasteiger partial charge in [-0.1, -0.05) is 82.4 Å². The van der Waals surface area contributed by atoms with Crippen LogP contribution >= 0.6 is 63.7 Å². The average molecular weight is 568 g/mol. The Morgan fingerprint density at radius 3 is 2.09 bits per heavy atom. The van der Waals surface area contributed by atoms with Gasteiger partial charge in [0.1, 0.15) is 15.2 Å². The van der Waals surface area contributed by atoms with Crippen LogP contribution < -0.4 is 4.74 Å². The van der Waals surface area contributed by atoms with Gasteiger partial charge in [0.2, 0.25) is 0 Å². The smallest absolute Gasteiger partial charge is 0.187 e. The van der Waals surface area contributed by atoms with Gasteiger partial charge in [0.25, 0.3) is 0 Å². The van der Waals surface area contributed by atoms with Crippen LogP contribution in [0.1, 0.15) is 15.9 Å². The molecule has 2 aromatic carbocycles. The van der Waals surface area contributed by atoms with Crippen molar-refractivity contribution >= 4 is 75.1 Å². The minimum absolute atomic E-state index is 0.0111. The standard InChI is InChI=1S/C17H12Br4O2/c1-10(16(18)19)12-3-2-4-14(9-12)23-13-7-5-11(6-8-13)15(22)17(20)21/h2-9,16-17H,1H2. The molecule has 120 valence electrons. The fourth-order valence-corrected chi connectivity index (χ4v) is 2.89. The number of ether oxygens (including phenoxy) is 1. The van der Waals surface area contributed by atoms with Gasteiger partial charge in [-0.3, -0.25) is 4.79 Å². The highest BCUT2D eigenvalue weighted by Gasteiger charge is 2.13. The molecule has 0 amide bonds. The minimum atomic E-state index is -0.383. The molecule has 0 atom stereocenters. The summed E-state index contributed by atoms with van der Waals surface area (Å²) in [5, 5.41) is 0. The van der Waals surface area contributed by atoms with E-state index < -0.39 is 0 Å². The first-order valence-corrected chi connectivity index (χ1v) is 10.2. The number of hydrogen-bond donors (Lipinski definition) is 0. The van der Waals surface area contributed by atoms with Crippen molar-refractivity contribution in [2.45, 2.75) is 7.47 Å². The molecule has 0 unspecified atom stereocenters. The van der Waals surface area contributed by atoms with E-state index >= 15 is 0 Å². The molecule has 23 heavy (non-hydrogen) atoms. The minimum Gasteiger partial charge on any atom is -0.457 e. The van der Waals surface area contributed by atoms with Gasteiger partial charge in [-0.05, 0) is 47.5 Å². The summed E-state index contributed by atoms with van der Waals surface area (Å²) in [4.78, 5) is 11.8. The second-order valence-electron chi connectivity index (χ2n) is 4.65. The van der Waals surface area contributed by atoms with E-state index in [0.29, 0.717) is 17.1 Å². The predicted octanol–water partition coefficient (Wildman–Crippen LogP) is 6.91. The summed E-state index contributed by atoms with van der Waals surface area (Å²) in [7, 11) is 0. The summed E-state index contributed by atoms with van der Waals surface area (Å²) in [6.45, 7) is 4.02. The molecule has 0 bridgehead atoms. The maximum Gasteiger partial charge on any atom is 0.187 e. The monoisotopic (exact) mass is 564 g/mol. The van der Waals surface area contributed by atoms with Gasteiger partial charge in [0.05, 0.1) is 3.74 Å². The molecule has 0 radical (unpaired) electrons. The Kier molecular flexibility index (Phi) is 7.07. The number of ketones is 1. The number of halogens is 4. The van der Waals surface area contributed by atoms with Crippen LogP contribution in [0.15, 0.2) is 55.1 Å². The quantitative estimate of drug-likeness (QED) is 0.280. The van der Waals surface area contributed by atoms with Crippen LogP contribution in [-0.4, -0.2) is 13.3 Å². The van der Waals surface area contributed by atoms with E-state index in [1.165, 1.54) is 0 Å². The van der Waals surface area contributed by atoms with Gasteiger partial charge in [0.15, 0.2) is 5.78 Å². The van der Waals surface area contributed by atoms with Crippen molar-refractivity contribution in [2.75, 3.05) is 0 Å². The molecule has 0 saturated heterocycles. The van der Waals surface area contributed by atoms with Gasteiger partial charge < -0.3 is 4.74 Å². The highest BCUT2D eigenvalue weighted by molar-refractivity contribution is 9.25. The topological polar surface area (TPSA) is 26.3 Å². The van der Waals surface area contributed by atoms with Crippen LogP contribution in [0.25, 0.3) is 5.57 Å². The molecule has 2 nitrogen and oxygen atoms in total. The number of alkyl halides is 4. The third-order valence-electron chi connectivity index (χ3n) is 3.04. The Morgan fingerprint density at radius 2 is 1.52 bits per heavy atom. The lowest BCUT2D eigenvalue weighted by Gasteiger charge is -2.11. The number of benzene rings is 2. The zero-order chi connectivity index (χ0) is 17.0. The Bertz CT molecular complexity index is 709. The molecule has 0 aromatic heterocycles. The van der Waals surface area contributed by atoms with Crippen molar-refractivity contribution in [3.05, 3.63) is 66.2 Å². The van der Waals surface area contributed by atoms with E-state index in [1.54, 1.807) is 24.3 Å². The van der Waals surface area contributed by atoms with Gasteiger partial charge in [-0.2, -0.15) is 0 Å². The molecule has 6 heteroatoms. The molecule has 0 aliphatic rings. The highest BCUT2D eigenvalue weighted by Crippen LogP contribution is 2.30. The van der Waals surface area contributed by atoms with Crippen LogP contribution in [0.2, 0.25) is 0 Å². The van der Waals surface area contributed by atoms with Crippen LogP contribution in [0.4, 0.5) is 0 Å². The summed E-state index contributed by atoms with van der Waals surface area (Å²) < 4.78 is 5.47. The normalized spacial score (nSPS) is 10.9. The lowest BCUT2D eigenvalue weighted by atomic mass is 10.1. The third kappa shape index (κ3) is 5.28. The van der Waals surface area contributed by atoms with Crippen molar-refractivity contribution < 1.29 is 9.53 Å². The molecule has 0 aliphatic heterocycles. The summed E-state index contributed by atoms with van der Waals surface area (Å²) in [5.74, 6) is 1.34. The zero-order valence-corrected chi connectivity index (χ0v) is 18.2. The summed E-state index contributed by atoms with van der Waals surface area (Å²) in [6.07, 6.45) is 0. The zero-order valence-electron chi connectivity index (χ0n) is 11.8. The Hall–Kier alpha value is -0.430. The SMILES string of the molecule is C=C(c1cccc(Oc2ccc(C(=O)C(Br)Br)cc2)c1)C(Br)Br. The lowest BCUT2D eigenvalue weighted by molar-refractivity contribution is 0.101. The van der Waals surface area contributed by atoms with E-state index in [2.05, 4.69) is 70.3 Å². The van der Waals surface area contributed by atoms with E-state index in [-0.39, 0.29) is 13.3 Å². The molecule has 2 rings (SSSR count). The Balaban J connectivity index is 2.15. The van der Waals surface area contributed by atoms with Crippen LogP contribution in [0.5, 0.6) is 11.5 Å². The molecule has 0 saturated carbocycles. The number of hydrogen-bond acceptors (Lipinski definition) is 2. The van der Waals surface area contributed by atoms with Gasteiger partial charge in [-0.25, -0.2) is 0 Å². The maximum atomic E-state index is 11.8. The van der Waals surface area contributed by atoms with E-state index in [4.69, 9.17) is 4.74 Å². The van der Waals surface area contributed by atoms with Crippen LogP contribution in [0, 0.1) is 0 Å². The van der Waals surface area contributed by atoms with E-state index in [0.717, 1.165) is 11.1 Å². The van der Waals surface area contributed by atoms with Crippen molar-refractivity contribution in [1.82, 2.24) is 0 Å². The summed E-state index contributed by atoms with van der Waals surface area (Å²) in [6, 6.07) is 14.7. The first-order valence-electron chi connectivity index (χ1n) is 6.56.